The summed E-state index contributed by atoms with van der Waals surface area (Å²) in [5.74, 6) is 0.569. The Hall–Kier alpha value is -0.180. The van der Waals surface area contributed by atoms with Gasteiger partial charge in [0.05, 0.1) is 5.92 Å². The quantitative estimate of drug-likeness (QED) is 0.761. The van der Waals surface area contributed by atoms with E-state index in [-0.39, 0.29) is 5.92 Å². The summed E-state index contributed by atoms with van der Waals surface area (Å²) in [5, 5.41) is 9.53. The van der Waals surface area contributed by atoms with E-state index in [0.29, 0.717) is 0 Å². The van der Waals surface area contributed by atoms with Crippen LogP contribution in [0.15, 0.2) is 0 Å². The van der Waals surface area contributed by atoms with E-state index in [4.69, 9.17) is 5.11 Å². The summed E-state index contributed by atoms with van der Waals surface area (Å²) in [4.78, 5) is 10.7. The van der Waals surface area contributed by atoms with Gasteiger partial charge in [0, 0.05) is 5.25 Å². The van der Waals surface area contributed by atoms with Crippen molar-refractivity contribution in [3.8, 4) is 0 Å². The van der Waals surface area contributed by atoms with Gasteiger partial charge in [-0.3, -0.25) is 4.79 Å². The second kappa shape index (κ2) is 5.53. The van der Waals surface area contributed by atoms with Crippen molar-refractivity contribution in [3.63, 3.8) is 0 Å². The SMILES string of the molecule is CCCSC1CCC(C(=O)O)CC1. The van der Waals surface area contributed by atoms with Crippen LogP contribution in [-0.4, -0.2) is 22.1 Å². The van der Waals surface area contributed by atoms with Gasteiger partial charge in [-0.1, -0.05) is 6.92 Å². The molecule has 0 unspecified atom stereocenters. The molecular weight excluding hydrogens is 184 g/mol. The lowest BCUT2D eigenvalue weighted by Crippen LogP contribution is -2.22. The number of carboxylic acid groups (broad SMARTS) is 1. The molecule has 0 aliphatic heterocycles. The lowest BCUT2D eigenvalue weighted by Gasteiger charge is -2.25. The average Bonchev–Trinajstić information content (AvgIpc) is 2.15. The maximum Gasteiger partial charge on any atom is 0.306 e. The highest BCUT2D eigenvalue weighted by Gasteiger charge is 2.25. The van der Waals surface area contributed by atoms with Gasteiger partial charge in [-0.25, -0.2) is 0 Å². The van der Waals surface area contributed by atoms with E-state index < -0.39 is 5.97 Å². The maximum atomic E-state index is 10.7. The molecule has 0 saturated heterocycles. The van der Waals surface area contributed by atoms with E-state index in [1.165, 1.54) is 12.2 Å². The third kappa shape index (κ3) is 3.59. The van der Waals surface area contributed by atoms with Crippen LogP contribution in [0, 0.1) is 5.92 Å². The molecule has 76 valence electrons. The predicted octanol–water partition coefficient (Wildman–Crippen LogP) is 2.77. The summed E-state index contributed by atoms with van der Waals surface area (Å²) in [7, 11) is 0. The van der Waals surface area contributed by atoms with Gasteiger partial charge in [0.25, 0.3) is 0 Å². The Morgan fingerprint density at radius 1 is 1.38 bits per heavy atom. The first-order chi connectivity index (χ1) is 6.24. The Morgan fingerprint density at radius 3 is 2.46 bits per heavy atom. The summed E-state index contributed by atoms with van der Waals surface area (Å²) in [6.07, 6.45) is 5.19. The van der Waals surface area contributed by atoms with Gasteiger partial charge in [-0.2, -0.15) is 11.8 Å². The molecule has 13 heavy (non-hydrogen) atoms. The number of hydrogen-bond donors (Lipinski definition) is 1. The fourth-order valence-electron chi connectivity index (χ4n) is 1.76. The topological polar surface area (TPSA) is 37.3 Å². The van der Waals surface area contributed by atoms with Crippen LogP contribution >= 0.6 is 11.8 Å². The van der Waals surface area contributed by atoms with Crippen LogP contribution in [-0.2, 0) is 4.79 Å². The molecule has 2 nitrogen and oxygen atoms in total. The molecule has 1 N–H and O–H groups in total. The Balaban J connectivity index is 2.18. The Kier molecular flexibility index (Phi) is 4.64. The van der Waals surface area contributed by atoms with Gasteiger partial charge >= 0.3 is 5.97 Å². The largest absolute Gasteiger partial charge is 0.481 e. The zero-order valence-corrected chi connectivity index (χ0v) is 8.98. The summed E-state index contributed by atoms with van der Waals surface area (Å²) in [6, 6.07) is 0. The van der Waals surface area contributed by atoms with Crippen molar-refractivity contribution >= 4 is 17.7 Å². The Morgan fingerprint density at radius 2 is 2.00 bits per heavy atom. The lowest BCUT2D eigenvalue weighted by atomic mass is 9.89. The van der Waals surface area contributed by atoms with Gasteiger partial charge in [-0.15, -0.1) is 0 Å². The molecule has 0 aromatic rings. The Labute approximate surface area is 84.1 Å². The first kappa shape index (κ1) is 10.9. The van der Waals surface area contributed by atoms with Crippen molar-refractivity contribution in [2.75, 3.05) is 5.75 Å². The first-order valence-electron chi connectivity index (χ1n) is 5.08. The highest BCUT2D eigenvalue weighted by atomic mass is 32.2. The molecule has 0 amide bonds. The lowest BCUT2D eigenvalue weighted by molar-refractivity contribution is -0.142. The van der Waals surface area contributed by atoms with Crippen molar-refractivity contribution in [1.82, 2.24) is 0 Å². The molecule has 0 atom stereocenters. The fraction of sp³-hybridized carbons (Fsp3) is 0.900. The zero-order chi connectivity index (χ0) is 9.68. The van der Waals surface area contributed by atoms with E-state index in [1.807, 2.05) is 11.8 Å². The summed E-state index contributed by atoms with van der Waals surface area (Å²) in [5.41, 5.74) is 0. The van der Waals surface area contributed by atoms with Crippen molar-refractivity contribution in [1.29, 1.82) is 0 Å². The van der Waals surface area contributed by atoms with Crippen LogP contribution in [0.25, 0.3) is 0 Å². The number of carbonyl (C=O) groups is 1. The average molecular weight is 202 g/mol. The molecule has 1 saturated carbocycles. The molecule has 1 rings (SSSR count). The molecular formula is C10H18O2S. The normalized spacial score (nSPS) is 28.7. The highest BCUT2D eigenvalue weighted by molar-refractivity contribution is 7.99. The van der Waals surface area contributed by atoms with E-state index in [1.54, 1.807) is 0 Å². The van der Waals surface area contributed by atoms with E-state index in [0.717, 1.165) is 30.9 Å². The second-order valence-corrected chi connectivity index (χ2v) is 5.09. The van der Waals surface area contributed by atoms with Crippen molar-refractivity contribution < 1.29 is 9.90 Å². The highest BCUT2D eigenvalue weighted by Crippen LogP contribution is 2.32. The van der Waals surface area contributed by atoms with Crippen LogP contribution in [0.1, 0.15) is 39.0 Å². The van der Waals surface area contributed by atoms with E-state index in [9.17, 15) is 4.79 Å². The molecule has 3 heteroatoms. The fourth-order valence-corrected chi connectivity index (χ4v) is 2.94. The van der Waals surface area contributed by atoms with Gasteiger partial charge in [0.1, 0.15) is 0 Å². The molecule has 1 aliphatic carbocycles. The monoisotopic (exact) mass is 202 g/mol. The molecule has 0 spiro atoms. The molecule has 0 aromatic heterocycles. The summed E-state index contributed by atoms with van der Waals surface area (Å²) >= 11 is 2.02. The summed E-state index contributed by atoms with van der Waals surface area (Å²) in [6.45, 7) is 2.19. The third-order valence-corrected chi connectivity index (χ3v) is 4.17. The number of thioether (sulfide) groups is 1. The molecule has 1 fully saturated rings. The minimum Gasteiger partial charge on any atom is -0.481 e. The first-order valence-corrected chi connectivity index (χ1v) is 6.13. The minimum atomic E-state index is -0.598. The van der Waals surface area contributed by atoms with Crippen molar-refractivity contribution in [3.05, 3.63) is 0 Å². The maximum absolute atomic E-state index is 10.7. The van der Waals surface area contributed by atoms with Crippen molar-refractivity contribution in [2.45, 2.75) is 44.3 Å². The number of rotatable bonds is 4. The molecule has 1 aliphatic rings. The molecule has 0 radical (unpaired) electrons. The predicted molar refractivity (Wildman–Crippen MR) is 56.1 cm³/mol. The van der Waals surface area contributed by atoms with Crippen LogP contribution in [0.4, 0.5) is 0 Å². The smallest absolute Gasteiger partial charge is 0.306 e. The van der Waals surface area contributed by atoms with Gasteiger partial charge < -0.3 is 5.11 Å². The van der Waals surface area contributed by atoms with Gasteiger partial charge in [-0.05, 0) is 37.9 Å². The van der Waals surface area contributed by atoms with Gasteiger partial charge in [0.2, 0.25) is 0 Å². The third-order valence-electron chi connectivity index (χ3n) is 2.58. The summed E-state index contributed by atoms with van der Waals surface area (Å²) < 4.78 is 0. The number of hydrogen-bond acceptors (Lipinski definition) is 2. The standard InChI is InChI=1S/C10H18O2S/c1-2-7-13-9-5-3-8(4-6-9)10(11)12/h8-9H,2-7H2,1H3,(H,11,12). The van der Waals surface area contributed by atoms with Crippen LogP contribution in [0.5, 0.6) is 0 Å². The number of aliphatic carboxylic acids is 1. The van der Waals surface area contributed by atoms with E-state index in [2.05, 4.69) is 6.92 Å². The molecule has 0 aromatic carbocycles. The Bertz CT molecular complexity index is 162. The minimum absolute atomic E-state index is 0.0570. The van der Waals surface area contributed by atoms with Gasteiger partial charge in [0.15, 0.2) is 0 Å². The van der Waals surface area contributed by atoms with E-state index >= 15 is 0 Å². The van der Waals surface area contributed by atoms with Crippen LogP contribution in [0.3, 0.4) is 0 Å². The van der Waals surface area contributed by atoms with Crippen LogP contribution < -0.4 is 0 Å². The van der Waals surface area contributed by atoms with Crippen molar-refractivity contribution in [2.24, 2.45) is 5.92 Å². The number of carboxylic acids is 1. The molecule has 0 bridgehead atoms. The second-order valence-electron chi connectivity index (χ2n) is 3.68. The zero-order valence-electron chi connectivity index (χ0n) is 8.16. The van der Waals surface area contributed by atoms with Crippen LogP contribution in [0.2, 0.25) is 0 Å². The molecule has 0 heterocycles.